The van der Waals surface area contributed by atoms with E-state index in [0.29, 0.717) is 18.5 Å². The molecule has 0 saturated heterocycles. The van der Waals surface area contributed by atoms with E-state index in [1.54, 1.807) is 18.3 Å². The predicted molar refractivity (Wildman–Crippen MR) is 96.6 cm³/mol. The number of aliphatic hydroxyl groups is 1. The molecule has 25 heavy (non-hydrogen) atoms. The molecule has 0 aliphatic carbocycles. The summed E-state index contributed by atoms with van der Waals surface area (Å²) in [4.78, 5) is 16.6. The van der Waals surface area contributed by atoms with Crippen molar-refractivity contribution in [2.75, 3.05) is 13.2 Å². The second-order valence-corrected chi connectivity index (χ2v) is 5.92. The van der Waals surface area contributed by atoms with Gasteiger partial charge in [0.15, 0.2) is 0 Å². The van der Waals surface area contributed by atoms with Crippen LogP contribution >= 0.6 is 0 Å². The van der Waals surface area contributed by atoms with Gasteiger partial charge in [-0.3, -0.25) is 9.78 Å². The summed E-state index contributed by atoms with van der Waals surface area (Å²) in [5.41, 5.74) is 2.52. The molecule has 0 bridgehead atoms. The number of hydrogen-bond acceptors (Lipinski definition) is 3. The minimum atomic E-state index is -0.140. The van der Waals surface area contributed by atoms with Crippen LogP contribution in [0.15, 0.2) is 73.2 Å². The van der Waals surface area contributed by atoms with Gasteiger partial charge >= 0.3 is 0 Å². The van der Waals surface area contributed by atoms with Crippen LogP contribution in [0, 0.1) is 5.92 Å². The number of aromatic nitrogens is 2. The fourth-order valence-corrected chi connectivity index (χ4v) is 2.65. The van der Waals surface area contributed by atoms with Gasteiger partial charge in [0.1, 0.15) is 0 Å². The van der Waals surface area contributed by atoms with Crippen molar-refractivity contribution in [1.29, 1.82) is 0 Å². The first-order valence-electron chi connectivity index (χ1n) is 8.28. The summed E-state index contributed by atoms with van der Waals surface area (Å²) >= 11 is 0. The monoisotopic (exact) mass is 335 g/mol. The summed E-state index contributed by atoms with van der Waals surface area (Å²) in [5, 5.41) is 12.4. The molecule has 128 valence electrons. The zero-order chi connectivity index (χ0) is 17.5. The van der Waals surface area contributed by atoms with Crippen LogP contribution in [-0.4, -0.2) is 33.7 Å². The Kier molecular flexibility index (Phi) is 5.59. The summed E-state index contributed by atoms with van der Waals surface area (Å²) in [7, 11) is 0. The van der Waals surface area contributed by atoms with Gasteiger partial charge in [-0.1, -0.05) is 6.07 Å². The van der Waals surface area contributed by atoms with Crippen molar-refractivity contribution in [2.45, 2.75) is 6.42 Å². The van der Waals surface area contributed by atoms with Crippen molar-refractivity contribution < 1.29 is 9.90 Å². The Morgan fingerprint density at radius 3 is 2.48 bits per heavy atom. The van der Waals surface area contributed by atoms with Gasteiger partial charge in [0, 0.05) is 54.6 Å². The first kappa shape index (κ1) is 16.9. The maximum atomic E-state index is 12.3. The number of nitrogens with one attached hydrogen (secondary N) is 1. The molecule has 0 aliphatic rings. The standard InChI is InChI=1S/C20H21N3O2/c24-15-16(13-18-5-1-2-10-21-18)14-22-20(25)17-6-8-19(9-7-17)23-11-3-4-12-23/h1-12,16,24H,13-15H2,(H,22,25). The maximum absolute atomic E-state index is 12.3. The van der Waals surface area contributed by atoms with E-state index < -0.39 is 0 Å². The number of amides is 1. The van der Waals surface area contributed by atoms with Crippen LogP contribution in [0.5, 0.6) is 0 Å². The van der Waals surface area contributed by atoms with E-state index in [9.17, 15) is 9.90 Å². The molecular formula is C20H21N3O2. The third kappa shape index (κ3) is 4.55. The van der Waals surface area contributed by atoms with Crippen LogP contribution in [-0.2, 0) is 6.42 Å². The molecule has 3 aromatic rings. The zero-order valence-electron chi connectivity index (χ0n) is 13.9. The SMILES string of the molecule is O=C(NCC(CO)Cc1ccccn1)c1ccc(-n2cccc2)cc1. The molecule has 2 N–H and O–H groups in total. The van der Waals surface area contributed by atoms with Gasteiger partial charge in [0.2, 0.25) is 0 Å². The number of rotatable bonds is 7. The van der Waals surface area contributed by atoms with E-state index in [1.165, 1.54) is 0 Å². The van der Waals surface area contributed by atoms with Crippen molar-refractivity contribution in [3.05, 3.63) is 84.4 Å². The summed E-state index contributed by atoms with van der Waals surface area (Å²) in [5.74, 6) is -0.198. The molecule has 2 heterocycles. The van der Waals surface area contributed by atoms with E-state index in [-0.39, 0.29) is 18.4 Å². The summed E-state index contributed by atoms with van der Waals surface area (Å²) in [6.07, 6.45) is 6.27. The fraction of sp³-hybridized carbons (Fsp3) is 0.200. The molecule has 2 aromatic heterocycles. The summed E-state index contributed by atoms with van der Waals surface area (Å²) < 4.78 is 1.98. The van der Waals surface area contributed by atoms with E-state index in [1.807, 2.05) is 59.4 Å². The second kappa shape index (κ2) is 8.26. The topological polar surface area (TPSA) is 67.2 Å². The fourth-order valence-electron chi connectivity index (χ4n) is 2.65. The van der Waals surface area contributed by atoms with Crippen LogP contribution in [0.2, 0.25) is 0 Å². The normalized spacial score (nSPS) is 11.9. The second-order valence-electron chi connectivity index (χ2n) is 5.92. The van der Waals surface area contributed by atoms with E-state index in [2.05, 4.69) is 10.3 Å². The highest BCUT2D eigenvalue weighted by molar-refractivity contribution is 5.94. The first-order chi connectivity index (χ1) is 12.3. The molecule has 1 amide bonds. The Balaban J connectivity index is 1.56. The molecule has 0 saturated carbocycles. The minimum absolute atomic E-state index is 0.00339. The van der Waals surface area contributed by atoms with E-state index >= 15 is 0 Å². The first-order valence-corrected chi connectivity index (χ1v) is 8.28. The Labute approximate surface area is 147 Å². The Bertz CT molecular complexity index is 784. The van der Waals surface area contributed by atoms with Gasteiger partial charge in [0.05, 0.1) is 0 Å². The lowest BCUT2D eigenvalue weighted by Crippen LogP contribution is -2.32. The molecule has 5 nitrogen and oxygen atoms in total. The third-order valence-corrected chi connectivity index (χ3v) is 4.07. The van der Waals surface area contributed by atoms with Crippen molar-refractivity contribution in [1.82, 2.24) is 14.9 Å². The molecular weight excluding hydrogens is 314 g/mol. The number of hydrogen-bond donors (Lipinski definition) is 2. The Morgan fingerprint density at radius 2 is 1.84 bits per heavy atom. The largest absolute Gasteiger partial charge is 0.396 e. The van der Waals surface area contributed by atoms with Gasteiger partial charge < -0.3 is 15.0 Å². The lowest BCUT2D eigenvalue weighted by atomic mass is 10.0. The lowest BCUT2D eigenvalue weighted by molar-refractivity contribution is 0.0940. The molecule has 0 aliphatic heterocycles. The van der Waals surface area contributed by atoms with Gasteiger partial charge in [-0.25, -0.2) is 0 Å². The maximum Gasteiger partial charge on any atom is 0.251 e. The highest BCUT2D eigenvalue weighted by Crippen LogP contribution is 2.10. The van der Waals surface area contributed by atoms with Crippen LogP contribution in [0.1, 0.15) is 16.1 Å². The molecule has 3 rings (SSSR count). The highest BCUT2D eigenvalue weighted by atomic mass is 16.3. The Hall–Kier alpha value is -2.92. The minimum Gasteiger partial charge on any atom is -0.396 e. The number of nitrogens with zero attached hydrogens (tertiary/aromatic N) is 2. The highest BCUT2D eigenvalue weighted by Gasteiger charge is 2.12. The lowest BCUT2D eigenvalue weighted by Gasteiger charge is -2.15. The number of carbonyl (C=O) groups excluding carboxylic acids is 1. The molecule has 1 atom stereocenters. The van der Waals surface area contributed by atoms with Crippen LogP contribution in [0.4, 0.5) is 0 Å². The van der Waals surface area contributed by atoms with Gasteiger partial charge in [-0.15, -0.1) is 0 Å². The molecule has 1 aromatic carbocycles. The van der Waals surface area contributed by atoms with Crippen LogP contribution in [0.25, 0.3) is 5.69 Å². The number of benzene rings is 1. The molecule has 5 heteroatoms. The quantitative estimate of drug-likeness (QED) is 0.697. The number of carbonyl (C=O) groups is 1. The summed E-state index contributed by atoms with van der Waals surface area (Å²) in [6.45, 7) is 0.411. The van der Waals surface area contributed by atoms with Crippen LogP contribution in [0.3, 0.4) is 0 Å². The number of aliphatic hydroxyl groups excluding tert-OH is 1. The van der Waals surface area contributed by atoms with Crippen molar-refractivity contribution >= 4 is 5.91 Å². The predicted octanol–water partition coefficient (Wildman–Crippen LogP) is 2.45. The smallest absolute Gasteiger partial charge is 0.251 e. The molecule has 0 radical (unpaired) electrons. The molecule has 1 unspecified atom stereocenters. The van der Waals surface area contributed by atoms with Crippen molar-refractivity contribution in [3.63, 3.8) is 0 Å². The van der Waals surface area contributed by atoms with Gasteiger partial charge in [-0.2, -0.15) is 0 Å². The van der Waals surface area contributed by atoms with E-state index in [0.717, 1.165) is 11.4 Å². The molecule has 0 fully saturated rings. The Morgan fingerprint density at radius 1 is 1.08 bits per heavy atom. The average molecular weight is 335 g/mol. The van der Waals surface area contributed by atoms with Gasteiger partial charge in [0.25, 0.3) is 5.91 Å². The van der Waals surface area contributed by atoms with Crippen molar-refractivity contribution in [3.8, 4) is 5.69 Å². The average Bonchev–Trinajstić information content (AvgIpc) is 3.20. The van der Waals surface area contributed by atoms with Gasteiger partial charge in [-0.05, 0) is 55.0 Å². The molecule has 0 spiro atoms. The van der Waals surface area contributed by atoms with E-state index in [4.69, 9.17) is 0 Å². The zero-order valence-corrected chi connectivity index (χ0v) is 13.9. The number of pyridine rings is 1. The van der Waals surface area contributed by atoms with Crippen molar-refractivity contribution in [2.24, 2.45) is 5.92 Å². The summed E-state index contributed by atoms with van der Waals surface area (Å²) in [6, 6.07) is 17.0. The van der Waals surface area contributed by atoms with Crippen LogP contribution < -0.4 is 5.32 Å². The third-order valence-electron chi connectivity index (χ3n) is 4.07.